The van der Waals surface area contributed by atoms with Crippen LogP contribution < -0.4 is 4.90 Å². The number of halogens is 3. The zero-order chi connectivity index (χ0) is 24.7. The van der Waals surface area contributed by atoms with Crippen LogP contribution >= 0.6 is 11.6 Å². The van der Waals surface area contributed by atoms with E-state index in [1.165, 1.54) is 12.4 Å². The van der Waals surface area contributed by atoms with Crippen LogP contribution in [0.4, 0.5) is 20.5 Å². The van der Waals surface area contributed by atoms with E-state index in [1.54, 1.807) is 17.0 Å². The molecule has 9 nitrogen and oxygen atoms in total. The van der Waals surface area contributed by atoms with Crippen LogP contribution in [0.1, 0.15) is 10.6 Å². The van der Waals surface area contributed by atoms with Gasteiger partial charge < -0.3 is 14.2 Å². The van der Waals surface area contributed by atoms with Crippen molar-refractivity contribution in [3.63, 3.8) is 0 Å². The van der Waals surface area contributed by atoms with Gasteiger partial charge in [-0.1, -0.05) is 11.6 Å². The smallest absolute Gasteiger partial charge is 0.395 e. The number of carbonyl (C=O) groups is 1. The van der Waals surface area contributed by atoms with Crippen molar-refractivity contribution in [3.05, 3.63) is 81.3 Å². The summed E-state index contributed by atoms with van der Waals surface area (Å²) in [6.07, 6.45) is 1.37. The van der Waals surface area contributed by atoms with E-state index < -0.39 is 28.3 Å². The van der Waals surface area contributed by atoms with Gasteiger partial charge in [0.25, 0.3) is 5.91 Å². The quantitative estimate of drug-likeness (QED) is 0.296. The topological polar surface area (TPSA) is 106 Å². The first kappa shape index (κ1) is 22.7. The molecule has 1 aliphatic heterocycles. The molecule has 12 heteroatoms. The molecule has 3 heterocycles. The molecule has 0 unspecified atom stereocenters. The molecule has 1 saturated heterocycles. The number of furan rings is 1. The van der Waals surface area contributed by atoms with Crippen molar-refractivity contribution in [1.29, 1.82) is 0 Å². The summed E-state index contributed by atoms with van der Waals surface area (Å²) in [7, 11) is 0. The van der Waals surface area contributed by atoms with Gasteiger partial charge in [-0.3, -0.25) is 14.9 Å². The van der Waals surface area contributed by atoms with Crippen LogP contribution in [0.5, 0.6) is 0 Å². The molecule has 2 aromatic heterocycles. The van der Waals surface area contributed by atoms with Crippen molar-refractivity contribution >= 4 is 40.1 Å². The lowest BCUT2D eigenvalue weighted by atomic mass is 10.0. The Labute approximate surface area is 201 Å². The van der Waals surface area contributed by atoms with Gasteiger partial charge >= 0.3 is 5.88 Å². The first-order valence-electron chi connectivity index (χ1n) is 10.5. The molecular formula is C23H16ClF2N5O4. The first-order chi connectivity index (χ1) is 16.8. The number of hydrogen-bond donors (Lipinski definition) is 0. The molecular weight excluding hydrogens is 484 g/mol. The van der Waals surface area contributed by atoms with Crippen molar-refractivity contribution in [2.75, 3.05) is 31.1 Å². The van der Waals surface area contributed by atoms with Crippen LogP contribution in [-0.2, 0) is 0 Å². The van der Waals surface area contributed by atoms with E-state index in [4.69, 9.17) is 16.0 Å². The number of rotatable bonds is 4. The second-order valence-electron chi connectivity index (χ2n) is 7.84. The molecule has 1 fully saturated rings. The van der Waals surface area contributed by atoms with Crippen LogP contribution in [-0.4, -0.2) is 51.9 Å². The first-order valence-corrected chi connectivity index (χ1v) is 10.9. The molecule has 35 heavy (non-hydrogen) atoms. The lowest BCUT2D eigenvalue weighted by Crippen LogP contribution is -2.49. The van der Waals surface area contributed by atoms with Crippen LogP contribution in [0.3, 0.4) is 0 Å². The zero-order valence-corrected chi connectivity index (χ0v) is 18.7. The molecule has 5 rings (SSSR count). The van der Waals surface area contributed by atoms with Gasteiger partial charge in [0.1, 0.15) is 28.7 Å². The number of hydrogen-bond acceptors (Lipinski definition) is 7. The van der Waals surface area contributed by atoms with E-state index in [9.17, 15) is 23.7 Å². The Morgan fingerprint density at radius 3 is 2.51 bits per heavy atom. The van der Waals surface area contributed by atoms with Gasteiger partial charge in [-0.05, 0) is 36.4 Å². The Morgan fingerprint density at radius 2 is 1.80 bits per heavy atom. The highest BCUT2D eigenvalue weighted by Gasteiger charge is 2.27. The average Bonchev–Trinajstić information content (AvgIpc) is 3.35. The lowest BCUT2D eigenvalue weighted by Gasteiger charge is -2.35. The van der Waals surface area contributed by atoms with Gasteiger partial charge in [0.2, 0.25) is 0 Å². The van der Waals surface area contributed by atoms with Crippen LogP contribution in [0.25, 0.3) is 22.0 Å². The predicted octanol–water partition coefficient (Wildman–Crippen LogP) is 4.69. The summed E-state index contributed by atoms with van der Waals surface area (Å²) in [5, 5.41) is 11.6. The fourth-order valence-electron chi connectivity index (χ4n) is 4.04. The highest BCUT2D eigenvalue weighted by molar-refractivity contribution is 6.34. The van der Waals surface area contributed by atoms with Gasteiger partial charge in [0.15, 0.2) is 5.76 Å². The summed E-state index contributed by atoms with van der Waals surface area (Å²) >= 11 is 6.46. The number of anilines is 1. The molecule has 4 aromatic rings. The molecule has 0 atom stereocenters. The van der Waals surface area contributed by atoms with Crippen LogP contribution in [0, 0.1) is 21.7 Å². The molecule has 0 radical (unpaired) electrons. The Morgan fingerprint density at radius 1 is 1.03 bits per heavy atom. The zero-order valence-electron chi connectivity index (χ0n) is 18.0. The maximum atomic E-state index is 14.3. The van der Waals surface area contributed by atoms with Crippen molar-refractivity contribution in [2.45, 2.75) is 0 Å². The van der Waals surface area contributed by atoms with Crippen LogP contribution in [0.2, 0.25) is 5.02 Å². The van der Waals surface area contributed by atoms with Gasteiger partial charge in [-0.15, -0.1) is 0 Å². The summed E-state index contributed by atoms with van der Waals surface area (Å²) in [6.45, 7) is 1.52. The minimum absolute atomic E-state index is 0.0300. The number of fused-ring (bicyclic) bond motifs is 1. The number of nitro groups is 1. The van der Waals surface area contributed by atoms with E-state index in [0.717, 1.165) is 24.3 Å². The van der Waals surface area contributed by atoms with Crippen molar-refractivity contribution in [1.82, 2.24) is 14.9 Å². The van der Waals surface area contributed by atoms with E-state index in [2.05, 4.69) is 9.97 Å². The van der Waals surface area contributed by atoms with Crippen molar-refractivity contribution in [3.8, 4) is 11.1 Å². The summed E-state index contributed by atoms with van der Waals surface area (Å²) in [6, 6.07) is 8.78. The van der Waals surface area contributed by atoms with Gasteiger partial charge in [0, 0.05) is 47.7 Å². The molecule has 1 amide bonds. The summed E-state index contributed by atoms with van der Waals surface area (Å²) in [5.41, 5.74) is 0.839. The SMILES string of the molecule is O=C(c1ccc([N+](=O)[O-])o1)N1CCN(c2ncnc3cc(-c4cc(F)ccc4F)c(Cl)cc23)CC1. The molecule has 0 aliphatic carbocycles. The molecule has 2 aromatic carbocycles. The third kappa shape index (κ3) is 4.26. The highest BCUT2D eigenvalue weighted by Crippen LogP contribution is 2.36. The molecule has 0 N–H and O–H groups in total. The van der Waals surface area contributed by atoms with E-state index >= 15 is 0 Å². The average molecular weight is 500 g/mol. The van der Waals surface area contributed by atoms with Gasteiger partial charge in [-0.25, -0.2) is 18.7 Å². The molecule has 1 aliphatic rings. The Bertz CT molecular complexity index is 1470. The van der Waals surface area contributed by atoms with Gasteiger partial charge in [0.05, 0.1) is 11.6 Å². The Balaban J connectivity index is 1.39. The van der Waals surface area contributed by atoms with E-state index in [0.29, 0.717) is 48.5 Å². The van der Waals surface area contributed by atoms with Crippen molar-refractivity contribution < 1.29 is 22.9 Å². The number of benzene rings is 2. The second kappa shape index (κ2) is 8.91. The number of nitrogens with zero attached hydrogens (tertiary/aromatic N) is 5. The molecule has 0 saturated carbocycles. The fraction of sp³-hybridized carbons (Fsp3) is 0.174. The number of aromatic nitrogens is 2. The Hall–Kier alpha value is -4.12. The number of carbonyl (C=O) groups excluding carboxylic acids is 1. The predicted molar refractivity (Wildman–Crippen MR) is 123 cm³/mol. The number of amides is 1. The maximum absolute atomic E-state index is 14.3. The maximum Gasteiger partial charge on any atom is 0.433 e. The monoisotopic (exact) mass is 499 g/mol. The Kier molecular flexibility index (Phi) is 5.77. The fourth-order valence-corrected chi connectivity index (χ4v) is 4.31. The van der Waals surface area contributed by atoms with E-state index in [-0.39, 0.29) is 16.3 Å². The minimum Gasteiger partial charge on any atom is -0.395 e. The van der Waals surface area contributed by atoms with Crippen LogP contribution in [0.15, 0.2) is 53.2 Å². The molecule has 0 bridgehead atoms. The minimum atomic E-state index is -0.700. The third-order valence-corrected chi connectivity index (χ3v) is 6.08. The lowest BCUT2D eigenvalue weighted by molar-refractivity contribution is -0.402. The summed E-state index contributed by atoms with van der Waals surface area (Å²) in [5.74, 6) is -1.63. The molecule has 178 valence electrons. The largest absolute Gasteiger partial charge is 0.433 e. The molecule has 0 spiro atoms. The number of piperazine rings is 1. The summed E-state index contributed by atoms with van der Waals surface area (Å²) < 4.78 is 33.1. The highest BCUT2D eigenvalue weighted by atomic mass is 35.5. The third-order valence-electron chi connectivity index (χ3n) is 5.77. The van der Waals surface area contributed by atoms with Crippen molar-refractivity contribution in [2.24, 2.45) is 0 Å². The summed E-state index contributed by atoms with van der Waals surface area (Å²) in [4.78, 5) is 34.9. The van der Waals surface area contributed by atoms with Gasteiger partial charge in [-0.2, -0.15) is 0 Å². The second-order valence-corrected chi connectivity index (χ2v) is 8.25. The standard InChI is InChI=1S/C23H16ClF2N5O4/c24-17-10-16-19(11-14(17)15-9-13(25)1-2-18(15)26)27-12-28-22(16)29-5-7-30(8-6-29)23(32)20-3-4-21(35-20)31(33)34/h1-4,9-12H,5-8H2. The normalized spacial score (nSPS) is 13.9. The van der Waals surface area contributed by atoms with E-state index in [1.807, 2.05) is 4.90 Å².